The fourth-order valence-corrected chi connectivity index (χ4v) is 2.11. The number of benzene rings is 1. The van der Waals surface area contributed by atoms with E-state index in [1.807, 2.05) is 25.1 Å². The SMILES string of the molecule is CC(N)CCC(=O)NCCSc1ccccc1.Cl. The van der Waals surface area contributed by atoms with Crippen LogP contribution in [-0.2, 0) is 4.79 Å². The average molecular weight is 289 g/mol. The first-order valence-electron chi connectivity index (χ1n) is 5.88. The van der Waals surface area contributed by atoms with Crippen molar-refractivity contribution in [1.82, 2.24) is 5.32 Å². The molecule has 0 saturated heterocycles. The Morgan fingerprint density at radius 3 is 2.67 bits per heavy atom. The molecule has 5 heteroatoms. The normalized spacial score (nSPS) is 11.4. The van der Waals surface area contributed by atoms with Crippen LogP contribution in [0.4, 0.5) is 0 Å². The van der Waals surface area contributed by atoms with Crippen LogP contribution in [0, 0.1) is 0 Å². The highest BCUT2D eigenvalue weighted by atomic mass is 35.5. The summed E-state index contributed by atoms with van der Waals surface area (Å²) < 4.78 is 0. The molecule has 0 aromatic heterocycles. The molecular formula is C13H21ClN2OS. The molecule has 1 aromatic carbocycles. The van der Waals surface area contributed by atoms with Gasteiger partial charge in [-0.3, -0.25) is 4.79 Å². The highest BCUT2D eigenvalue weighted by Gasteiger charge is 2.02. The minimum Gasteiger partial charge on any atom is -0.355 e. The van der Waals surface area contributed by atoms with Gasteiger partial charge in [0.2, 0.25) is 5.91 Å². The van der Waals surface area contributed by atoms with Gasteiger partial charge >= 0.3 is 0 Å². The van der Waals surface area contributed by atoms with Crippen LogP contribution in [0.15, 0.2) is 35.2 Å². The van der Waals surface area contributed by atoms with Crippen LogP contribution in [-0.4, -0.2) is 24.2 Å². The molecule has 1 atom stereocenters. The number of hydrogen-bond acceptors (Lipinski definition) is 3. The zero-order valence-electron chi connectivity index (χ0n) is 10.6. The van der Waals surface area contributed by atoms with Crippen molar-refractivity contribution in [1.29, 1.82) is 0 Å². The number of hydrogen-bond donors (Lipinski definition) is 2. The topological polar surface area (TPSA) is 55.1 Å². The Bertz CT molecular complexity index is 333. The van der Waals surface area contributed by atoms with E-state index in [1.54, 1.807) is 11.8 Å². The van der Waals surface area contributed by atoms with Crippen molar-refractivity contribution in [3.05, 3.63) is 30.3 Å². The van der Waals surface area contributed by atoms with E-state index < -0.39 is 0 Å². The number of nitrogens with two attached hydrogens (primary N) is 1. The van der Waals surface area contributed by atoms with Gasteiger partial charge in [-0.25, -0.2) is 0 Å². The van der Waals surface area contributed by atoms with Crippen LogP contribution in [0.3, 0.4) is 0 Å². The number of carbonyl (C=O) groups is 1. The van der Waals surface area contributed by atoms with Crippen molar-refractivity contribution in [2.24, 2.45) is 5.73 Å². The molecule has 1 unspecified atom stereocenters. The van der Waals surface area contributed by atoms with Crippen LogP contribution in [0.25, 0.3) is 0 Å². The van der Waals surface area contributed by atoms with Gasteiger partial charge in [0, 0.05) is 29.7 Å². The standard InChI is InChI=1S/C13H20N2OS.ClH/c1-11(14)7-8-13(16)15-9-10-17-12-5-3-2-4-6-12;/h2-6,11H,7-10,14H2,1H3,(H,15,16);1H. The highest BCUT2D eigenvalue weighted by Crippen LogP contribution is 2.15. The quantitative estimate of drug-likeness (QED) is 0.598. The van der Waals surface area contributed by atoms with E-state index in [-0.39, 0.29) is 24.4 Å². The van der Waals surface area contributed by atoms with Crippen molar-refractivity contribution < 1.29 is 4.79 Å². The molecule has 0 saturated carbocycles. The Morgan fingerprint density at radius 1 is 1.39 bits per heavy atom. The van der Waals surface area contributed by atoms with Crippen LogP contribution in [0.5, 0.6) is 0 Å². The van der Waals surface area contributed by atoms with E-state index in [4.69, 9.17) is 5.73 Å². The molecule has 18 heavy (non-hydrogen) atoms. The molecular weight excluding hydrogens is 268 g/mol. The number of amides is 1. The lowest BCUT2D eigenvalue weighted by Crippen LogP contribution is -2.27. The van der Waals surface area contributed by atoms with Crippen LogP contribution < -0.4 is 11.1 Å². The third-order valence-corrected chi connectivity index (χ3v) is 3.28. The van der Waals surface area contributed by atoms with Gasteiger partial charge in [0.15, 0.2) is 0 Å². The Kier molecular flexibility index (Phi) is 9.83. The molecule has 0 spiro atoms. The average Bonchev–Trinajstić information content (AvgIpc) is 2.33. The predicted octanol–water partition coefficient (Wildman–Crippen LogP) is 2.44. The second kappa shape index (κ2) is 10.2. The minimum atomic E-state index is 0. The lowest BCUT2D eigenvalue weighted by atomic mass is 10.2. The van der Waals surface area contributed by atoms with Gasteiger partial charge in [0.1, 0.15) is 0 Å². The predicted molar refractivity (Wildman–Crippen MR) is 80.3 cm³/mol. The van der Waals surface area contributed by atoms with Gasteiger partial charge in [-0.15, -0.1) is 24.2 Å². The van der Waals surface area contributed by atoms with E-state index in [1.165, 1.54) is 4.90 Å². The molecule has 0 aliphatic rings. The molecule has 0 aliphatic heterocycles. The molecule has 3 nitrogen and oxygen atoms in total. The number of carbonyl (C=O) groups excluding carboxylic acids is 1. The van der Waals surface area contributed by atoms with E-state index in [2.05, 4.69) is 17.4 Å². The number of rotatable bonds is 7. The molecule has 1 rings (SSSR count). The Balaban J connectivity index is 0.00000289. The summed E-state index contributed by atoms with van der Waals surface area (Å²) in [4.78, 5) is 12.6. The maximum absolute atomic E-state index is 11.4. The van der Waals surface area contributed by atoms with E-state index in [9.17, 15) is 4.79 Å². The third kappa shape index (κ3) is 8.39. The van der Waals surface area contributed by atoms with Gasteiger partial charge < -0.3 is 11.1 Å². The molecule has 0 fully saturated rings. The highest BCUT2D eigenvalue weighted by molar-refractivity contribution is 7.99. The molecule has 0 bridgehead atoms. The van der Waals surface area contributed by atoms with Crippen molar-refractivity contribution in [2.75, 3.05) is 12.3 Å². The van der Waals surface area contributed by atoms with Gasteiger partial charge in [-0.05, 0) is 25.5 Å². The van der Waals surface area contributed by atoms with Crippen LogP contribution in [0.2, 0.25) is 0 Å². The second-order valence-electron chi connectivity index (χ2n) is 4.03. The van der Waals surface area contributed by atoms with E-state index >= 15 is 0 Å². The van der Waals surface area contributed by atoms with Gasteiger partial charge in [0.25, 0.3) is 0 Å². The molecule has 0 heterocycles. The molecule has 1 amide bonds. The zero-order valence-corrected chi connectivity index (χ0v) is 12.2. The minimum absolute atomic E-state index is 0. The third-order valence-electron chi connectivity index (χ3n) is 2.26. The monoisotopic (exact) mass is 288 g/mol. The van der Waals surface area contributed by atoms with Gasteiger partial charge in [-0.2, -0.15) is 0 Å². The van der Waals surface area contributed by atoms with Crippen LogP contribution >= 0.6 is 24.2 Å². The Morgan fingerprint density at radius 2 is 2.06 bits per heavy atom. The summed E-state index contributed by atoms with van der Waals surface area (Å²) in [6, 6.07) is 10.3. The molecule has 1 aromatic rings. The van der Waals surface area contributed by atoms with Crippen molar-refractivity contribution in [2.45, 2.75) is 30.7 Å². The maximum Gasteiger partial charge on any atom is 0.220 e. The van der Waals surface area contributed by atoms with E-state index in [0.29, 0.717) is 13.0 Å². The number of thioether (sulfide) groups is 1. The first-order chi connectivity index (χ1) is 8.18. The summed E-state index contributed by atoms with van der Waals surface area (Å²) in [5.41, 5.74) is 5.59. The summed E-state index contributed by atoms with van der Waals surface area (Å²) in [6.07, 6.45) is 1.27. The smallest absolute Gasteiger partial charge is 0.220 e. The maximum atomic E-state index is 11.4. The number of nitrogens with one attached hydrogen (secondary N) is 1. The largest absolute Gasteiger partial charge is 0.355 e. The van der Waals surface area contributed by atoms with E-state index in [0.717, 1.165) is 12.2 Å². The number of halogens is 1. The first kappa shape index (κ1) is 17.3. The summed E-state index contributed by atoms with van der Waals surface area (Å²) in [5.74, 6) is 0.990. The first-order valence-corrected chi connectivity index (χ1v) is 6.87. The summed E-state index contributed by atoms with van der Waals surface area (Å²) in [6.45, 7) is 2.62. The fraction of sp³-hybridized carbons (Fsp3) is 0.462. The van der Waals surface area contributed by atoms with Crippen molar-refractivity contribution >= 4 is 30.1 Å². The van der Waals surface area contributed by atoms with Gasteiger partial charge in [-0.1, -0.05) is 18.2 Å². The molecule has 3 N–H and O–H groups in total. The summed E-state index contributed by atoms with van der Waals surface area (Å²) in [7, 11) is 0. The summed E-state index contributed by atoms with van der Waals surface area (Å²) >= 11 is 1.75. The second-order valence-corrected chi connectivity index (χ2v) is 5.20. The Hall–Kier alpha value is -0.710. The Labute approximate surface area is 119 Å². The molecule has 102 valence electrons. The molecule has 0 radical (unpaired) electrons. The zero-order chi connectivity index (χ0) is 12.5. The lowest BCUT2D eigenvalue weighted by Gasteiger charge is -2.06. The van der Waals surface area contributed by atoms with Crippen molar-refractivity contribution in [3.8, 4) is 0 Å². The molecule has 0 aliphatic carbocycles. The van der Waals surface area contributed by atoms with Crippen LogP contribution in [0.1, 0.15) is 19.8 Å². The lowest BCUT2D eigenvalue weighted by molar-refractivity contribution is -0.121. The fourth-order valence-electron chi connectivity index (χ4n) is 1.32. The summed E-state index contributed by atoms with van der Waals surface area (Å²) in [5, 5.41) is 2.89. The van der Waals surface area contributed by atoms with Gasteiger partial charge in [0.05, 0.1) is 0 Å². The van der Waals surface area contributed by atoms with Crippen molar-refractivity contribution in [3.63, 3.8) is 0 Å².